The van der Waals surface area contributed by atoms with Crippen molar-refractivity contribution in [2.75, 3.05) is 18.2 Å². The third kappa shape index (κ3) is 5.12. The molecule has 6 nitrogen and oxygen atoms in total. The molecule has 0 saturated heterocycles. The van der Waals surface area contributed by atoms with Gasteiger partial charge in [-0.15, -0.1) is 0 Å². The number of hydrogen-bond donors (Lipinski definition) is 1. The van der Waals surface area contributed by atoms with E-state index in [-0.39, 0.29) is 17.5 Å². The highest BCUT2D eigenvalue weighted by Gasteiger charge is 2.25. The van der Waals surface area contributed by atoms with Crippen molar-refractivity contribution in [3.63, 3.8) is 0 Å². The first-order chi connectivity index (χ1) is 17.0. The number of nitrogens with one attached hydrogen (secondary N) is 1. The molecular formula is C27H22FN3O3S. The third-order valence-corrected chi connectivity index (χ3v) is 6.53. The van der Waals surface area contributed by atoms with Crippen LogP contribution >= 0.6 is 11.8 Å². The minimum atomic E-state index is -0.337. The van der Waals surface area contributed by atoms with Gasteiger partial charge in [0.1, 0.15) is 22.3 Å². The number of rotatable bonds is 6. The molecule has 1 aliphatic heterocycles. The van der Waals surface area contributed by atoms with E-state index < -0.39 is 0 Å². The van der Waals surface area contributed by atoms with E-state index in [9.17, 15) is 9.18 Å². The molecule has 0 saturated carbocycles. The van der Waals surface area contributed by atoms with Gasteiger partial charge in [-0.1, -0.05) is 35.5 Å². The number of nitrogens with zero attached hydrogens (tertiary/aromatic N) is 2. The van der Waals surface area contributed by atoms with Crippen LogP contribution in [-0.4, -0.2) is 28.7 Å². The number of hydrogen-bond acceptors (Lipinski definition) is 6. The number of ether oxygens (including phenoxy) is 2. The minimum absolute atomic E-state index is 0.143. The number of aryl methyl sites for hydroxylation is 1. The number of carbonyl (C=O) groups is 1. The lowest BCUT2D eigenvalue weighted by molar-refractivity contribution is -0.113. The Bertz CT molecular complexity index is 1410. The summed E-state index contributed by atoms with van der Waals surface area (Å²) in [6, 6.07) is 19.2. The fourth-order valence-corrected chi connectivity index (χ4v) is 4.62. The first-order valence-corrected chi connectivity index (χ1v) is 12.0. The summed E-state index contributed by atoms with van der Waals surface area (Å²) in [7, 11) is 1.58. The molecule has 0 fully saturated rings. The first kappa shape index (κ1) is 22.9. The Morgan fingerprint density at radius 2 is 1.94 bits per heavy atom. The van der Waals surface area contributed by atoms with Crippen molar-refractivity contribution in [2.24, 2.45) is 0 Å². The predicted molar refractivity (Wildman–Crippen MR) is 134 cm³/mol. The van der Waals surface area contributed by atoms with Crippen molar-refractivity contribution < 1.29 is 18.7 Å². The van der Waals surface area contributed by atoms with E-state index in [1.807, 2.05) is 31.2 Å². The average molecular weight is 488 g/mol. The molecule has 0 spiro atoms. The number of thioether (sulfide) groups is 1. The summed E-state index contributed by atoms with van der Waals surface area (Å²) >= 11 is 1.31. The van der Waals surface area contributed by atoms with Crippen molar-refractivity contribution >= 4 is 23.4 Å². The van der Waals surface area contributed by atoms with Gasteiger partial charge in [0.05, 0.1) is 18.4 Å². The van der Waals surface area contributed by atoms with E-state index in [2.05, 4.69) is 16.4 Å². The zero-order valence-corrected chi connectivity index (χ0v) is 20.0. The maximum Gasteiger partial charge on any atom is 0.234 e. The van der Waals surface area contributed by atoms with Crippen LogP contribution in [0.3, 0.4) is 0 Å². The third-order valence-electron chi connectivity index (χ3n) is 5.52. The highest BCUT2D eigenvalue weighted by molar-refractivity contribution is 8.00. The number of benzene rings is 3. The number of aromatic nitrogens is 2. The molecular weight excluding hydrogens is 465 g/mol. The summed E-state index contributed by atoms with van der Waals surface area (Å²) in [6.45, 7) is 2.03. The number of amides is 1. The standard InChI is InChI=1S/C27H22FN3O3S/c1-16-6-11-23-18(12-16)13-22-26(34-23)30-25(17-7-9-19(28)10-8-17)31-27(22)35-15-24(32)29-20-4-3-5-21(14-20)33-2/h3-12,14H,13,15H2,1-2H3,(H,29,32). The monoisotopic (exact) mass is 487 g/mol. The molecule has 1 aliphatic rings. The van der Waals surface area contributed by atoms with Crippen molar-refractivity contribution in [3.8, 4) is 28.8 Å². The lowest BCUT2D eigenvalue weighted by atomic mass is 10.0. The van der Waals surface area contributed by atoms with E-state index >= 15 is 0 Å². The molecule has 5 rings (SSSR count). The van der Waals surface area contributed by atoms with Crippen LogP contribution in [0.5, 0.6) is 17.4 Å². The SMILES string of the molecule is COc1cccc(NC(=O)CSc2nc(-c3ccc(F)cc3)nc3c2Cc2cc(C)ccc2O3)c1. The summed E-state index contributed by atoms with van der Waals surface area (Å²) in [4.78, 5) is 22.1. The number of carbonyl (C=O) groups excluding carboxylic acids is 1. The zero-order chi connectivity index (χ0) is 24.4. The molecule has 0 bridgehead atoms. The van der Waals surface area contributed by atoms with Crippen LogP contribution in [-0.2, 0) is 11.2 Å². The number of anilines is 1. The normalized spacial score (nSPS) is 11.7. The van der Waals surface area contributed by atoms with E-state index in [0.717, 1.165) is 22.4 Å². The van der Waals surface area contributed by atoms with Crippen molar-refractivity contribution in [3.05, 3.63) is 89.2 Å². The molecule has 0 aliphatic carbocycles. The number of halogens is 1. The summed E-state index contributed by atoms with van der Waals surface area (Å²) < 4.78 is 24.8. The van der Waals surface area contributed by atoms with Gasteiger partial charge < -0.3 is 14.8 Å². The largest absolute Gasteiger partial charge is 0.497 e. The van der Waals surface area contributed by atoms with E-state index in [1.54, 1.807) is 31.4 Å². The van der Waals surface area contributed by atoms with Gasteiger partial charge in [-0.2, -0.15) is 4.98 Å². The minimum Gasteiger partial charge on any atom is -0.497 e. The molecule has 0 unspecified atom stereocenters. The van der Waals surface area contributed by atoms with Crippen molar-refractivity contribution in [2.45, 2.75) is 18.4 Å². The van der Waals surface area contributed by atoms with Gasteiger partial charge in [-0.25, -0.2) is 9.37 Å². The lowest BCUT2D eigenvalue weighted by Gasteiger charge is -2.22. The molecule has 0 atom stereocenters. The second-order valence-corrected chi connectivity index (χ2v) is 9.07. The maximum atomic E-state index is 13.5. The van der Waals surface area contributed by atoms with Gasteiger partial charge in [0.2, 0.25) is 11.8 Å². The van der Waals surface area contributed by atoms with E-state index in [1.165, 1.54) is 23.9 Å². The van der Waals surface area contributed by atoms with Gasteiger partial charge in [0, 0.05) is 23.7 Å². The summed E-state index contributed by atoms with van der Waals surface area (Å²) in [6.07, 6.45) is 0.593. The lowest BCUT2D eigenvalue weighted by Crippen LogP contribution is -2.15. The quantitative estimate of drug-likeness (QED) is 0.233. The Morgan fingerprint density at radius 3 is 2.74 bits per heavy atom. The van der Waals surface area contributed by atoms with Crippen LogP contribution in [0.4, 0.5) is 10.1 Å². The Labute approximate surface area is 206 Å². The highest BCUT2D eigenvalue weighted by Crippen LogP contribution is 2.40. The van der Waals surface area contributed by atoms with Crippen molar-refractivity contribution in [1.29, 1.82) is 0 Å². The smallest absolute Gasteiger partial charge is 0.234 e. The molecule has 8 heteroatoms. The topological polar surface area (TPSA) is 73.3 Å². The van der Waals surface area contributed by atoms with Crippen LogP contribution in [0.1, 0.15) is 16.7 Å². The fraction of sp³-hybridized carbons (Fsp3) is 0.148. The van der Waals surface area contributed by atoms with Gasteiger partial charge in [-0.05, 0) is 55.0 Å². The van der Waals surface area contributed by atoms with E-state index in [4.69, 9.17) is 14.5 Å². The maximum absolute atomic E-state index is 13.5. The molecule has 2 heterocycles. The molecule has 1 N–H and O–H groups in total. The summed E-state index contributed by atoms with van der Waals surface area (Å²) in [5.74, 6) is 1.91. The van der Waals surface area contributed by atoms with Crippen LogP contribution in [0.25, 0.3) is 11.4 Å². The summed E-state index contributed by atoms with van der Waals surface area (Å²) in [5, 5.41) is 3.54. The molecule has 0 radical (unpaired) electrons. The van der Waals surface area contributed by atoms with Gasteiger partial charge >= 0.3 is 0 Å². The molecule has 176 valence electrons. The second-order valence-electron chi connectivity index (χ2n) is 8.10. The average Bonchev–Trinajstić information content (AvgIpc) is 2.86. The number of fused-ring (bicyclic) bond motifs is 2. The van der Waals surface area contributed by atoms with E-state index in [0.29, 0.717) is 40.2 Å². The zero-order valence-electron chi connectivity index (χ0n) is 19.2. The molecule has 35 heavy (non-hydrogen) atoms. The molecule has 4 aromatic rings. The van der Waals surface area contributed by atoms with Gasteiger partial charge in [-0.3, -0.25) is 4.79 Å². The van der Waals surface area contributed by atoms with Crippen molar-refractivity contribution in [1.82, 2.24) is 9.97 Å². The van der Waals surface area contributed by atoms with Gasteiger partial charge in [0.25, 0.3) is 0 Å². The number of methoxy groups -OCH3 is 1. The Balaban J connectivity index is 1.43. The summed E-state index contributed by atoms with van der Waals surface area (Å²) in [5.41, 5.74) is 4.31. The van der Waals surface area contributed by atoms with Crippen LogP contribution in [0, 0.1) is 12.7 Å². The Kier molecular flexibility index (Phi) is 6.37. The molecule has 1 aromatic heterocycles. The van der Waals surface area contributed by atoms with Crippen LogP contribution in [0.2, 0.25) is 0 Å². The fourth-order valence-electron chi connectivity index (χ4n) is 3.80. The molecule has 3 aromatic carbocycles. The Hall–Kier alpha value is -3.91. The Morgan fingerprint density at radius 1 is 1.11 bits per heavy atom. The van der Waals surface area contributed by atoms with Crippen LogP contribution in [0.15, 0.2) is 71.8 Å². The predicted octanol–water partition coefficient (Wildman–Crippen LogP) is 6.03. The van der Waals surface area contributed by atoms with Gasteiger partial charge in [0.15, 0.2) is 5.82 Å². The van der Waals surface area contributed by atoms with Crippen LogP contribution < -0.4 is 14.8 Å². The molecule has 1 amide bonds. The first-order valence-electron chi connectivity index (χ1n) is 11.0. The highest BCUT2D eigenvalue weighted by atomic mass is 32.2. The second kappa shape index (κ2) is 9.76.